The van der Waals surface area contributed by atoms with E-state index >= 15 is 0 Å². The maximum Gasteiger partial charge on any atom is 0.472 e. The first kappa shape index (κ1) is 49.4. The number of hydrogen-bond donors (Lipinski definition) is 3. The van der Waals surface area contributed by atoms with E-state index in [1.807, 2.05) is 0 Å². The standard InChI is InChI=1S/C41H70NO9P/c1-3-5-7-9-11-13-15-17-19-20-21-23-25-27-29-31-33-40(43)51-38(36-49-52(46,47)50-37-39(42)41(44)45)35-48-34-32-30-28-26-24-22-18-16-14-12-10-8-6-4-2/h6,8,12-15,18-20,22,26,28,38-39H,3-5,7,9-11,16-17,21,23-25,27,29-37,42H2,1-2H3,(H,44,45)(H,46,47)/b8-6-,14-12-,15-13-,20-19-,22-18-,28-26-. The molecular formula is C41H70NO9P. The summed E-state index contributed by atoms with van der Waals surface area (Å²) >= 11 is 0. The molecule has 0 aromatic rings. The van der Waals surface area contributed by atoms with Gasteiger partial charge in [0.15, 0.2) is 0 Å². The van der Waals surface area contributed by atoms with Gasteiger partial charge in [-0.3, -0.25) is 18.6 Å². The van der Waals surface area contributed by atoms with Crippen molar-refractivity contribution in [2.24, 2.45) is 5.73 Å². The summed E-state index contributed by atoms with van der Waals surface area (Å²) in [5, 5.41) is 8.87. The Hall–Kier alpha value is -2.59. The Morgan fingerprint density at radius 3 is 1.67 bits per heavy atom. The largest absolute Gasteiger partial charge is 0.480 e. The minimum absolute atomic E-state index is 0.0309. The minimum Gasteiger partial charge on any atom is -0.480 e. The fourth-order valence-electron chi connectivity index (χ4n) is 4.69. The van der Waals surface area contributed by atoms with E-state index < -0.39 is 45.1 Å². The molecule has 0 rings (SSSR count). The first-order valence-corrected chi connectivity index (χ1v) is 21.0. The average molecular weight is 752 g/mol. The number of ether oxygens (including phenoxy) is 2. The zero-order valence-corrected chi connectivity index (χ0v) is 33.0. The van der Waals surface area contributed by atoms with Gasteiger partial charge in [-0.1, -0.05) is 125 Å². The second kappa shape index (κ2) is 36.8. The van der Waals surface area contributed by atoms with Gasteiger partial charge >= 0.3 is 19.8 Å². The van der Waals surface area contributed by atoms with Crippen molar-refractivity contribution in [2.45, 2.75) is 148 Å². The number of carbonyl (C=O) groups excluding carboxylic acids is 1. The van der Waals surface area contributed by atoms with Gasteiger partial charge in [0.2, 0.25) is 0 Å². The number of carboxylic acid groups (broad SMARTS) is 1. The molecule has 0 aliphatic rings. The Morgan fingerprint density at radius 2 is 1.12 bits per heavy atom. The molecule has 0 heterocycles. The molecule has 0 spiro atoms. The number of phosphoric ester groups is 1. The van der Waals surface area contributed by atoms with Gasteiger partial charge in [-0.15, -0.1) is 0 Å². The van der Waals surface area contributed by atoms with Crippen LogP contribution in [0.3, 0.4) is 0 Å². The fraction of sp³-hybridized carbons (Fsp3) is 0.659. The number of esters is 1. The number of nitrogens with two attached hydrogens (primary N) is 1. The van der Waals surface area contributed by atoms with E-state index in [9.17, 15) is 19.0 Å². The molecule has 0 amide bonds. The number of phosphoric acid groups is 1. The number of hydrogen-bond acceptors (Lipinski definition) is 8. The van der Waals surface area contributed by atoms with Crippen LogP contribution in [0.15, 0.2) is 72.9 Å². The van der Waals surface area contributed by atoms with Crippen molar-refractivity contribution in [2.75, 3.05) is 26.4 Å². The number of carboxylic acids is 1. The SMILES string of the molecule is CC/C=C\C/C=C\C/C=C\C/C=C\CCCOCC(COP(=O)(O)OCC(N)C(=O)O)OC(=O)CCCCCCC/C=C\C/C=C\CCCCCC. The molecule has 0 aromatic heterocycles. The first-order chi connectivity index (χ1) is 25.2. The lowest BCUT2D eigenvalue weighted by atomic mass is 10.1. The lowest BCUT2D eigenvalue weighted by molar-refractivity contribution is -0.154. The summed E-state index contributed by atoms with van der Waals surface area (Å²) in [7, 11) is -4.63. The monoisotopic (exact) mass is 751 g/mol. The van der Waals surface area contributed by atoms with Crippen molar-refractivity contribution < 1.29 is 42.7 Å². The summed E-state index contributed by atoms with van der Waals surface area (Å²) < 4.78 is 33.1. The predicted molar refractivity (Wildman–Crippen MR) is 212 cm³/mol. The molecule has 10 nitrogen and oxygen atoms in total. The van der Waals surface area contributed by atoms with Crippen molar-refractivity contribution in [1.82, 2.24) is 0 Å². The zero-order chi connectivity index (χ0) is 38.4. The van der Waals surface area contributed by atoms with Crippen LogP contribution in [-0.2, 0) is 32.7 Å². The highest BCUT2D eigenvalue weighted by molar-refractivity contribution is 7.47. The zero-order valence-electron chi connectivity index (χ0n) is 32.1. The van der Waals surface area contributed by atoms with Crippen LogP contribution in [0.2, 0.25) is 0 Å². The Labute approximate surface area is 314 Å². The Morgan fingerprint density at radius 1 is 0.635 bits per heavy atom. The predicted octanol–water partition coefficient (Wildman–Crippen LogP) is 10.2. The minimum atomic E-state index is -4.63. The quantitative estimate of drug-likeness (QED) is 0.0244. The number of unbranched alkanes of at least 4 members (excludes halogenated alkanes) is 10. The highest BCUT2D eigenvalue weighted by Gasteiger charge is 2.27. The van der Waals surface area contributed by atoms with Gasteiger partial charge in [-0.05, 0) is 77.0 Å². The van der Waals surface area contributed by atoms with E-state index in [0.717, 1.165) is 77.0 Å². The van der Waals surface area contributed by atoms with Gasteiger partial charge in [0.05, 0.1) is 19.8 Å². The van der Waals surface area contributed by atoms with Gasteiger partial charge in [0, 0.05) is 13.0 Å². The summed E-state index contributed by atoms with van der Waals surface area (Å²) in [6.07, 6.45) is 44.0. The molecule has 0 saturated carbocycles. The fourth-order valence-corrected chi connectivity index (χ4v) is 5.47. The molecule has 4 N–H and O–H groups in total. The average Bonchev–Trinajstić information content (AvgIpc) is 3.12. The van der Waals surface area contributed by atoms with Crippen LogP contribution in [0.5, 0.6) is 0 Å². The van der Waals surface area contributed by atoms with Gasteiger partial charge in [-0.25, -0.2) is 4.57 Å². The van der Waals surface area contributed by atoms with Gasteiger partial charge in [0.1, 0.15) is 12.1 Å². The molecule has 0 fully saturated rings. The molecule has 0 bridgehead atoms. The Bertz CT molecular complexity index is 1100. The molecule has 0 aliphatic carbocycles. The summed E-state index contributed by atoms with van der Waals surface area (Å²) in [5.74, 6) is -1.82. The number of carbonyl (C=O) groups is 2. The summed E-state index contributed by atoms with van der Waals surface area (Å²) in [6, 6.07) is -1.49. The molecule has 3 unspecified atom stereocenters. The smallest absolute Gasteiger partial charge is 0.472 e. The molecule has 0 radical (unpaired) electrons. The molecule has 298 valence electrons. The Kier molecular flexibility index (Phi) is 34.9. The summed E-state index contributed by atoms with van der Waals surface area (Å²) in [6.45, 7) is 3.55. The van der Waals surface area contributed by atoms with Crippen molar-refractivity contribution in [3.05, 3.63) is 72.9 Å². The van der Waals surface area contributed by atoms with Crippen LogP contribution < -0.4 is 5.73 Å². The van der Waals surface area contributed by atoms with Crippen molar-refractivity contribution >= 4 is 19.8 Å². The maximum atomic E-state index is 12.6. The van der Waals surface area contributed by atoms with E-state index in [1.54, 1.807) is 0 Å². The van der Waals surface area contributed by atoms with Crippen LogP contribution >= 0.6 is 7.82 Å². The van der Waals surface area contributed by atoms with Crippen LogP contribution in [0.1, 0.15) is 136 Å². The molecule has 0 saturated heterocycles. The molecular weight excluding hydrogens is 681 g/mol. The summed E-state index contributed by atoms with van der Waals surface area (Å²) in [5.41, 5.74) is 5.33. The van der Waals surface area contributed by atoms with Crippen LogP contribution in [-0.4, -0.2) is 60.5 Å². The molecule has 52 heavy (non-hydrogen) atoms. The third-order valence-electron chi connectivity index (χ3n) is 7.72. The van der Waals surface area contributed by atoms with E-state index in [1.165, 1.54) is 32.1 Å². The molecule has 0 aliphatic heterocycles. The van der Waals surface area contributed by atoms with E-state index in [2.05, 4.69) is 91.3 Å². The lowest BCUT2D eigenvalue weighted by Crippen LogP contribution is -2.34. The first-order valence-electron chi connectivity index (χ1n) is 19.5. The molecule has 3 atom stereocenters. The second-order valence-corrected chi connectivity index (χ2v) is 14.1. The normalized spacial score (nSPS) is 14.8. The van der Waals surface area contributed by atoms with Crippen LogP contribution in [0.4, 0.5) is 0 Å². The van der Waals surface area contributed by atoms with E-state index in [0.29, 0.717) is 13.0 Å². The number of allylic oxidation sites excluding steroid dienone is 12. The lowest BCUT2D eigenvalue weighted by Gasteiger charge is -2.20. The van der Waals surface area contributed by atoms with Gasteiger partial charge in [-0.2, -0.15) is 0 Å². The molecule has 0 aromatic carbocycles. The highest BCUT2D eigenvalue weighted by Crippen LogP contribution is 2.43. The molecule has 11 heteroatoms. The van der Waals surface area contributed by atoms with Crippen molar-refractivity contribution in [1.29, 1.82) is 0 Å². The third-order valence-corrected chi connectivity index (χ3v) is 8.67. The van der Waals surface area contributed by atoms with E-state index in [4.69, 9.17) is 24.8 Å². The van der Waals surface area contributed by atoms with E-state index in [-0.39, 0.29) is 13.0 Å². The number of aliphatic carboxylic acids is 1. The third kappa shape index (κ3) is 35.8. The van der Waals surface area contributed by atoms with Crippen molar-refractivity contribution in [3.8, 4) is 0 Å². The Balaban J connectivity index is 4.43. The van der Waals surface area contributed by atoms with Crippen LogP contribution in [0, 0.1) is 0 Å². The second-order valence-electron chi connectivity index (χ2n) is 12.7. The maximum absolute atomic E-state index is 12.6. The summed E-state index contributed by atoms with van der Waals surface area (Å²) in [4.78, 5) is 33.4. The van der Waals surface area contributed by atoms with Gasteiger partial charge in [0.25, 0.3) is 0 Å². The number of rotatable bonds is 36. The van der Waals surface area contributed by atoms with Gasteiger partial charge < -0.3 is 25.2 Å². The highest BCUT2D eigenvalue weighted by atomic mass is 31.2. The van der Waals surface area contributed by atoms with Crippen molar-refractivity contribution in [3.63, 3.8) is 0 Å². The van der Waals surface area contributed by atoms with Crippen LogP contribution in [0.25, 0.3) is 0 Å². The topological polar surface area (TPSA) is 155 Å².